The van der Waals surface area contributed by atoms with Crippen molar-refractivity contribution in [3.8, 4) is 0 Å². The average Bonchev–Trinajstić information content (AvgIpc) is 2.84. The largest absolute Gasteiger partial charge is 0.350 e. The van der Waals surface area contributed by atoms with Crippen molar-refractivity contribution in [3.63, 3.8) is 0 Å². The highest BCUT2D eigenvalue weighted by Crippen LogP contribution is 2.18. The van der Waals surface area contributed by atoms with Crippen LogP contribution < -0.4 is 5.43 Å². The van der Waals surface area contributed by atoms with Crippen LogP contribution in [0.5, 0.6) is 0 Å². The highest BCUT2D eigenvalue weighted by Gasteiger charge is 2.05. The fourth-order valence-electron chi connectivity index (χ4n) is 2.33. The Kier molecular flexibility index (Phi) is 4.24. The summed E-state index contributed by atoms with van der Waals surface area (Å²) in [5.74, 6) is -0.213. The molecule has 0 fully saturated rings. The molecule has 1 N–H and O–H groups in total. The first kappa shape index (κ1) is 14.8. The monoisotopic (exact) mass is 403 g/mol. The van der Waals surface area contributed by atoms with Crippen LogP contribution in [-0.4, -0.2) is 16.7 Å². The second-order valence-electron chi connectivity index (χ2n) is 4.92. The minimum atomic E-state index is -0.213. The highest BCUT2D eigenvalue weighted by atomic mass is 127. The molecule has 0 aliphatic carbocycles. The summed E-state index contributed by atoms with van der Waals surface area (Å²) in [6.07, 6.45) is 3.67. The molecule has 22 heavy (non-hydrogen) atoms. The van der Waals surface area contributed by atoms with Crippen LogP contribution in [0.1, 0.15) is 15.9 Å². The topological polar surface area (TPSA) is 46.4 Å². The van der Waals surface area contributed by atoms with Gasteiger partial charge in [0.05, 0.1) is 6.21 Å². The molecule has 5 heteroatoms. The maximum atomic E-state index is 12.0. The van der Waals surface area contributed by atoms with E-state index in [1.807, 2.05) is 54.2 Å². The molecule has 1 heterocycles. The summed E-state index contributed by atoms with van der Waals surface area (Å²) >= 11 is 2.18. The molecular weight excluding hydrogens is 389 g/mol. The van der Waals surface area contributed by atoms with Gasteiger partial charge in [-0.2, -0.15) is 5.10 Å². The molecule has 1 aromatic heterocycles. The van der Waals surface area contributed by atoms with Gasteiger partial charge in [0.15, 0.2) is 0 Å². The van der Waals surface area contributed by atoms with Gasteiger partial charge in [0.1, 0.15) is 0 Å². The van der Waals surface area contributed by atoms with E-state index in [4.69, 9.17) is 0 Å². The molecule has 3 rings (SSSR count). The predicted molar refractivity (Wildman–Crippen MR) is 97.1 cm³/mol. The maximum absolute atomic E-state index is 12.0. The van der Waals surface area contributed by atoms with Gasteiger partial charge in [-0.1, -0.05) is 24.3 Å². The zero-order chi connectivity index (χ0) is 15.5. The van der Waals surface area contributed by atoms with Crippen LogP contribution in [0.3, 0.4) is 0 Å². The molecule has 0 aliphatic rings. The Morgan fingerprint density at radius 2 is 2.05 bits per heavy atom. The van der Waals surface area contributed by atoms with Crippen molar-refractivity contribution < 1.29 is 4.79 Å². The van der Waals surface area contributed by atoms with Crippen LogP contribution >= 0.6 is 22.6 Å². The summed E-state index contributed by atoms with van der Waals surface area (Å²) < 4.78 is 3.06. The van der Waals surface area contributed by atoms with Crippen LogP contribution in [0, 0.1) is 3.57 Å². The average molecular weight is 403 g/mol. The van der Waals surface area contributed by atoms with Gasteiger partial charge in [-0.15, -0.1) is 0 Å². The minimum absolute atomic E-state index is 0.213. The standard InChI is InChI=1S/C17H14IN3O/c1-21-11-13(15-7-2-3-8-16(15)21)10-19-20-17(22)12-5-4-6-14(18)9-12/h2-11H,1H3,(H,20,22)/b19-10+. The summed E-state index contributed by atoms with van der Waals surface area (Å²) in [6.45, 7) is 0. The molecule has 0 saturated carbocycles. The molecule has 2 aromatic carbocycles. The van der Waals surface area contributed by atoms with E-state index in [9.17, 15) is 4.79 Å². The van der Waals surface area contributed by atoms with E-state index < -0.39 is 0 Å². The van der Waals surface area contributed by atoms with E-state index in [1.54, 1.807) is 12.3 Å². The quantitative estimate of drug-likeness (QED) is 0.406. The number of halogens is 1. The number of aryl methyl sites for hydroxylation is 1. The van der Waals surface area contributed by atoms with E-state index >= 15 is 0 Å². The fourth-order valence-corrected chi connectivity index (χ4v) is 2.87. The number of para-hydroxylation sites is 1. The van der Waals surface area contributed by atoms with Crippen LogP contribution in [0.15, 0.2) is 59.8 Å². The van der Waals surface area contributed by atoms with E-state index in [2.05, 4.69) is 39.2 Å². The Hall–Kier alpha value is -2.15. The summed E-state index contributed by atoms with van der Waals surface area (Å²) in [5, 5.41) is 5.18. The first-order valence-corrected chi connectivity index (χ1v) is 7.86. The Labute approximate surface area is 142 Å². The van der Waals surface area contributed by atoms with Crippen molar-refractivity contribution in [2.24, 2.45) is 12.1 Å². The minimum Gasteiger partial charge on any atom is -0.350 e. The third-order valence-corrected chi connectivity index (χ3v) is 4.06. The SMILES string of the molecule is Cn1cc(/C=N/NC(=O)c2cccc(I)c2)c2ccccc21. The Bertz CT molecular complexity index is 867. The molecule has 3 aromatic rings. The highest BCUT2D eigenvalue weighted by molar-refractivity contribution is 14.1. The molecule has 0 spiro atoms. The number of nitrogens with zero attached hydrogens (tertiary/aromatic N) is 2. The molecule has 110 valence electrons. The smallest absolute Gasteiger partial charge is 0.271 e. The lowest BCUT2D eigenvalue weighted by atomic mass is 10.2. The molecule has 4 nitrogen and oxygen atoms in total. The first-order chi connectivity index (χ1) is 10.6. The number of rotatable bonds is 3. The number of aromatic nitrogens is 1. The summed E-state index contributed by atoms with van der Waals surface area (Å²) in [6, 6.07) is 15.5. The number of nitrogens with one attached hydrogen (secondary N) is 1. The van der Waals surface area contributed by atoms with Gasteiger partial charge in [0.2, 0.25) is 0 Å². The van der Waals surface area contributed by atoms with E-state index in [-0.39, 0.29) is 5.91 Å². The number of amides is 1. The number of hydrogen-bond acceptors (Lipinski definition) is 2. The third kappa shape index (κ3) is 3.04. The molecule has 0 atom stereocenters. The molecular formula is C17H14IN3O. The zero-order valence-electron chi connectivity index (χ0n) is 12.0. The first-order valence-electron chi connectivity index (χ1n) is 6.78. The van der Waals surface area contributed by atoms with Crippen molar-refractivity contribution in [1.82, 2.24) is 9.99 Å². The van der Waals surface area contributed by atoms with Gasteiger partial charge in [0.25, 0.3) is 5.91 Å². The zero-order valence-corrected chi connectivity index (χ0v) is 14.1. The van der Waals surface area contributed by atoms with Crippen LogP contribution in [0.4, 0.5) is 0 Å². The van der Waals surface area contributed by atoms with Crippen molar-refractivity contribution in [3.05, 3.63) is 69.4 Å². The van der Waals surface area contributed by atoms with Crippen molar-refractivity contribution >= 4 is 45.6 Å². The molecule has 0 saturated heterocycles. The van der Waals surface area contributed by atoms with E-state index in [0.29, 0.717) is 5.56 Å². The third-order valence-electron chi connectivity index (χ3n) is 3.38. The lowest BCUT2D eigenvalue weighted by Gasteiger charge is -1.99. The second-order valence-corrected chi connectivity index (χ2v) is 6.17. The molecule has 0 bridgehead atoms. The molecule has 0 unspecified atom stereocenters. The summed E-state index contributed by atoms with van der Waals surface area (Å²) in [5.41, 5.74) is 5.27. The number of carbonyl (C=O) groups is 1. The van der Waals surface area contributed by atoms with Gasteiger partial charge in [-0.25, -0.2) is 5.43 Å². The van der Waals surface area contributed by atoms with Crippen LogP contribution in [0.2, 0.25) is 0 Å². The van der Waals surface area contributed by atoms with Gasteiger partial charge < -0.3 is 4.57 Å². The van der Waals surface area contributed by atoms with Crippen molar-refractivity contribution in [2.75, 3.05) is 0 Å². The van der Waals surface area contributed by atoms with E-state index in [0.717, 1.165) is 20.0 Å². The van der Waals surface area contributed by atoms with Gasteiger partial charge in [-0.3, -0.25) is 4.79 Å². The maximum Gasteiger partial charge on any atom is 0.271 e. The van der Waals surface area contributed by atoms with Crippen LogP contribution in [0.25, 0.3) is 10.9 Å². The molecule has 0 aliphatic heterocycles. The fraction of sp³-hybridized carbons (Fsp3) is 0.0588. The Morgan fingerprint density at radius 1 is 1.23 bits per heavy atom. The number of benzene rings is 2. The second kappa shape index (κ2) is 6.31. The predicted octanol–water partition coefficient (Wildman–Crippen LogP) is 3.55. The lowest BCUT2D eigenvalue weighted by Crippen LogP contribution is -2.17. The van der Waals surface area contributed by atoms with Crippen molar-refractivity contribution in [1.29, 1.82) is 0 Å². The van der Waals surface area contributed by atoms with Crippen molar-refractivity contribution in [2.45, 2.75) is 0 Å². The number of fused-ring (bicyclic) bond motifs is 1. The number of carbonyl (C=O) groups excluding carboxylic acids is 1. The normalized spacial score (nSPS) is 11.2. The van der Waals surface area contributed by atoms with Gasteiger partial charge in [0, 0.05) is 38.8 Å². The van der Waals surface area contributed by atoms with Gasteiger partial charge in [-0.05, 0) is 46.9 Å². The lowest BCUT2D eigenvalue weighted by molar-refractivity contribution is 0.0955. The van der Waals surface area contributed by atoms with E-state index in [1.165, 1.54) is 0 Å². The Balaban J connectivity index is 1.78. The summed E-state index contributed by atoms with van der Waals surface area (Å²) in [7, 11) is 1.99. The molecule has 0 radical (unpaired) electrons. The number of hydrogen-bond donors (Lipinski definition) is 1. The summed E-state index contributed by atoms with van der Waals surface area (Å²) in [4.78, 5) is 12.0. The van der Waals surface area contributed by atoms with Crippen LogP contribution in [-0.2, 0) is 7.05 Å². The molecule has 1 amide bonds. The van der Waals surface area contributed by atoms with Gasteiger partial charge >= 0.3 is 0 Å². The number of hydrazone groups is 1. The Morgan fingerprint density at radius 3 is 2.86 bits per heavy atom.